The number of nitrogens with zero attached hydrogens (tertiary/aromatic N) is 1. The van der Waals surface area contributed by atoms with Crippen LogP contribution in [-0.4, -0.2) is 17.2 Å². The molecule has 2 N–H and O–H groups in total. The molecule has 4 heteroatoms. The number of benzene rings is 3. The van der Waals surface area contributed by atoms with E-state index in [2.05, 4.69) is 54.3 Å². The highest BCUT2D eigenvalue weighted by molar-refractivity contribution is 6.58. The summed E-state index contributed by atoms with van der Waals surface area (Å²) in [6, 6.07) is 24.0. The van der Waals surface area contributed by atoms with Gasteiger partial charge in [0.2, 0.25) is 0 Å². The molecule has 3 aromatic rings. The molecule has 0 saturated carbocycles. The first-order valence-electron chi connectivity index (χ1n) is 9.21. The molecule has 0 aliphatic carbocycles. The lowest BCUT2D eigenvalue weighted by atomic mass is 9.80. The topological polar surface area (TPSA) is 43.7 Å². The van der Waals surface area contributed by atoms with Crippen molar-refractivity contribution >= 4 is 35.7 Å². The predicted octanol–water partition coefficient (Wildman–Crippen LogP) is 4.43. The highest BCUT2D eigenvalue weighted by Crippen LogP contribution is 2.35. The van der Waals surface area contributed by atoms with Crippen LogP contribution in [-0.2, 0) is 6.42 Å². The molecular formula is C23H24BNO2. The van der Waals surface area contributed by atoms with Crippen LogP contribution in [0, 0.1) is 0 Å². The smallest absolute Gasteiger partial charge is 0.423 e. The molecule has 136 valence electrons. The first-order chi connectivity index (χ1) is 13.1. The minimum Gasteiger partial charge on any atom is -0.423 e. The zero-order chi connectivity index (χ0) is 19.2. The maximum atomic E-state index is 9.37. The largest absolute Gasteiger partial charge is 0.488 e. The maximum Gasteiger partial charge on any atom is 0.488 e. The van der Waals surface area contributed by atoms with Crippen molar-refractivity contribution in [3.63, 3.8) is 0 Å². The third-order valence-corrected chi connectivity index (χ3v) is 4.58. The van der Waals surface area contributed by atoms with Crippen LogP contribution in [0.15, 0.2) is 78.9 Å². The fraction of sp³-hybridized carbons (Fsp3) is 0.130. The van der Waals surface area contributed by atoms with Crippen molar-refractivity contribution in [1.82, 2.24) is 0 Å². The Morgan fingerprint density at radius 1 is 0.852 bits per heavy atom. The van der Waals surface area contributed by atoms with Crippen molar-refractivity contribution in [3.8, 4) is 0 Å². The summed E-state index contributed by atoms with van der Waals surface area (Å²) < 4.78 is 0. The van der Waals surface area contributed by atoms with Gasteiger partial charge in [-0.05, 0) is 66.3 Å². The van der Waals surface area contributed by atoms with Gasteiger partial charge in [0.25, 0.3) is 0 Å². The van der Waals surface area contributed by atoms with Crippen molar-refractivity contribution in [2.24, 2.45) is 0 Å². The van der Waals surface area contributed by atoms with Gasteiger partial charge in [-0.25, -0.2) is 0 Å². The summed E-state index contributed by atoms with van der Waals surface area (Å²) >= 11 is 0. The van der Waals surface area contributed by atoms with Crippen molar-refractivity contribution in [3.05, 3.63) is 90.0 Å². The molecule has 0 amide bonds. The SMILES string of the molecule is C/C=C\c1cc(N(c2ccccc2)c2ccc(B(O)O)cc2)ccc1CC. The van der Waals surface area contributed by atoms with Crippen LogP contribution in [0.1, 0.15) is 25.0 Å². The van der Waals surface area contributed by atoms with Crippen LogP contribution >= 0.6 is 0 Å². The lowest BCUT2D eigenvalue weighted by molar-refractivity contribution is 0.426. The molecule has 0 unspecified atom stereocenters. The summed E-state index contributed by atoms with van der Waals surface area (Å²) in [6.07, 6.45) is 5.17. The first-order valence-corrected chi connectivity index (χ1v) is 9.21. The monoisotopic (exact) mass is 357 g/mol. The van der Waals surface area contributed by atoms with Crippen LogP contribution in [0.5, 0.6) is 0 Å². The Hall–Kier alpha value is -2.82. The van der Waals surface area contributed by atoms with E-state index in [1.165, 1.54) is 11.1 Å². The molecule has 0 bridgehead atoms. The Morgan fingerprint density at radius 2 is 1.48 bits per heavy atom. The summed E-state index contributed by atoms with van der Waals surface area (Å²) in [7, 11) is -1.46. The van der Waals surface area contributed by atoms with E-state index in [-0.39, 0.29) is 0 Å². The summed E-state index contributed by atoms with van der Waals surface area (Å²) in [6.45, 7) is 4.19. The average Bonchev–Trinajstić information content (AvgIpc) is 2.70. The molecular weight excluding hydrogens is 333 g/mol. The van der Waals surface area contributed by atoms with E-state index in [4.69, 9.17) is 0 Å². The number of hydrogen-bond donors (Lipinski definition) is 2. The summed E-state index contributed by atoms with van der Waals surface area (Å²) in [5, 5.41) is 18.7. The number of rotatable bonds is 6. The fourth-order valence-corrected chi connectivity index (χ4v) is 3.20. The second kappa shape index (κ2) is 8.71. The first kappa shape index (κ1) is 19.0. The van der Waals surface area contributed by atoms with Gasteiger partial charge in [0.05, 0.1) is 0 Å². The molecule has 27 heavy (non-hydrogen) atoms. The molecule has 0 fully saturated rings. The molecule has 0 aliphatic heterocycles. The van der Waals surface area contributed by atoms with Gasteiger partial charge in [-0.2, -0.15) is 0 Å². The van der Waals surface area contributed by atoms with Gasteiger partial charge in [-0.3, -0.25) is 0 Å². The summed E-state index contributed by atoms with van der Waals surface area (Å²) in [5.41, 5.74) is 6.06. The van der Waals surface area contributed by atoms with E-state index in [1.807, 2.05) is 37.3 Å². The minimum absolute atomic E-state index is 0.475. The van der Waals surface area contributed by atoms with E-state index in [9.17, 15) is 10.0 Å². The van der Waals surface area contributed by atoms with Gasteiger partial charge >= 0.3 is 7.12 Å². The maximum absolute atomic E-state index is 9.37. The molecule has 0 saturated heterocycles. The third kappa shape index (κ3) is 4.30. The predicted molar refractivity (Wildman–Crippen MR) is 115 cm³/mol. The number of allylic oxidation sites excluding steroid dienone is 1. The van der Waals surface area contributed by atoms with Gasteiger partial charge in [-0.1, -0.05) is 55.5 Å². The standard InChI is InChI=1S/C23H24BNO2/c1-3-8-19-17-23(14-11-18(19)4-2)25(21-9-6-5-7-10-21)22-15-12-20(13-16-22)24(26)27/h3,5-17,26-27H,4H2,1-2H3/b8-3-. The van der Waals surface area contributed by atoms with Gasteiger partial charge < -0.3 is 14.9 Å². The summed E-state index contributed by atoms with van der Waals surface area (Å²) in [4.78, 5) is 2.17. The summed E-state index contributed by atoms with van der Waals surface area (Å²) in [5.74, 6) is 0. The van der Waals surface area contributed by atoms with Crippen LogP contribution in [0.2, 0.25) is 0 Å². The van der Waals surface area contributed by atoms with Crippen molar-refractivity contribution in [2.75, 3.05) is 4.90 Å². The van der Waals surface area contributed by atoms with E-state index < -0.39 is 7.12 Å². The molecule has 0 heterocycles. The second-order valence-corrected chi connectivity index (χ2v) is 6.37. The van der Waals surface area contributed by atoms with Crippen molar-refractivity contribution < 1.29 is 10.0 Å². The minimum atomic E-state index is -1.46. The molecule has 0 spiro atoms. The van der Waals surface area contributed by atoms with Crippen LogP contribution in [0.3, 0.4) is 0 Å². The van der Waals surface area contributed by atoms with Gasteiger partial charge in [-0.15, -0.1) is 0 Å². The third-order valence-electron chi connectivity index (χ3n) is 4.58. The quantitative estimate of drug-likeness (QED) is 0.642. The fourth-order valence-electron chi connectivity index (χ4n) is 3.20. The lowest BCUT2D eigenvalue weighted by Gasteiger charge is -2.26. The van der Waals surface area contributed by atoms with E-state index in [0.29, 0.717) is 5.46 Å². The Bertz CT molecular complexity index is 905. The van der Waals surface area contributed by atoms with Crippen molar-refractivity contribution in [1.29, 1.82) is 0 Å². The van der Waals surface area contributed by atoms with E-state index in [0.717, 1.165) is 23.5 Å². The Balaban J connectivity index is 2.12. The second-order valence-electron chi connectivity index (χ2n) is 6.37. The highest BCUT2D eigenvalue weighted by atomic mass is 16.4. The van der Waals surface area contributed by atoms with Crippen molar-refractivity contribution in [2.45, 2.75) is 20.3 Å². The van der Waals surface area contributed by atoms with E-state index in [1.54, 1.807) is 12.1 Å². The number of hydrogen-bond acceptors (Lipinski definition) is 3. The van der Waals surface area contributed by atoms with Gasteiger partial charge in [0, 0.05) is 17.1 Å². The Kier molecular flexibility index (Phi) is 6.12. The molecule has 0 radical (unpaired) electrons. The number of para-hydroxylation sites is 1. The Morgan fingerprint density at radius 3 is 2.07 bits per heavy atom. The molecule has 0 atom stereocenters. The molecule has 0 aromatic heterocycles. The molecule has 3 rings (SSSR count). The molecule has 3 aromatic carbocycles. The Labute approximate surface area is 161 Å². The average molecular weight is 357 g/mol. The van der Waals surface area contributed by atoms with Crippen LogP contribution in [0.4, 0.5) is 17.1 Å². The van der Waals surface area contributed by atoms with Crippen LogP contribution < -0.4 is 10.4 Å². The molecule has 0 aliphatic rings. The number of aryl methyl sites for hydroxylation is 1. The van der Waals surface area contributed by atoms with Gasteiger partial charge in [0.1, 0.15) is 0 Å². The normalized spacial score (nSPS) is 11.0. The molecule has 3 nitrogen and oxygen atoms in total. The zero-order valence-corrected chi connectivity index (χ0v) is 15.7. The zero-order valence-electron chi connectivity index (χ0n) is 15.7. The van der Waals surface area contributed by atoms with E-state index >= 15 is 0 Å². The highest BCUT2D eigenvalue weighted by Gasteiger charge is 2.15. The number of anilines is 3. The van der Waals surface area contributed by atoms with Gasteiger partial charge in [0.15, 0.2) is 0 Å². The lowest BCUT2D eigenvalue weighted by Crippen LogP contribution is -2.29. The van der Waals surface area contributed by atoms with Crippen LogP contribution in [0.25, 0.3) is 6.08 Å².